The SMILES string of the molecule is COc1ccc(C(=O)C=Cc2cc(-c3ccccc3OC)ccc2N2CCCN(C)CC2)c(F)c1. The quantitative estimate of drug-likeness (QED) is 0.332. The Hall–Kier alpha value is -3.64. The van der Waals surface area contributed by atoms with Gasteiger partial charge in [-0.1, -0.05) is 24.3 Å². The van der Waals surface area contributed by atoms with E-state index < -0.39 is 11.6 Å². The van der Waals surface area contributed by atoms with Crippen molar-refractivity contribution in [3.8, 4) is 22.6 Å². The lowest BCUT2D eigenvalue weighted by Crippen LogP contribution is -2.29. The van der Waals surface area contributed by atoms with Crippen molar-refractivity contribution in [3.63, 3.8) is 0 Å². The molecular weight excluding hydrogens is 443 g/mol. The van der Waals surface area contributed by atoms with Crippen LogP contribution in [0.15, 0.2) is 66.7 Å². The number of para-hydroxylation sites is 1. The molecule has 0 spiro atoms. The number of nitrogens with zero attached hydrogens (tertiary/aromatic N) is 2. The molecule has 1 fully saturated rings. The molecule has 0 atom stereocenters. The molecule has 0 aromatic heterocycles. The molecule has 182 valence electrons. The molecule has 0 amide bonds. The number of ketones is 1. The van der Waals surface area contributed by atoms with Gasteiger partial charge < -0.3 is 19.3 Å². The van der Waals surface area contributed by atoms with E-state index >= 15 is 0 Å². The van der Waals surface area contributed by atoms with Crippen LogP contribution in [-0.4, -0.2) is 58.1 Å². The van der Waals surface area contributed by atoms with E-state index in [2.05, 4.69) is 35.0 Å². The number of ether oxygens (including phenoxy) is 2. The van der Waals surface area contributed by atoms with Crippen molar-refractivity contribution in [3.05, 3.63) is 83.7 Å². The monoisotopic (exact) mass is 474 g/mol. The van der Waals surface area contributed by atoms with Gasteiger partial charge in [0.25, 0.3) is 0 Å². The third-order valence-electron chi connectivity index (χ3n) is 6.36. The Kier molecular flexibility index (Phi) is 7.83. The lowest BCUT2D eigenvalue weighted by atomic mass is 9.99. The van der Waals surface area contributed by atoms with Crippen LogP contribution in [0.3, 0.4) is 0 Å². The molecule has 5 nitrogen and oxygen atoms in total. The van der Waals surface area contributed by atoms with Crippen LogP contribution in [0.5, 0.6) is 11.5 Å². The number of likely N-dealkylation sites (N-methyl/N-ethyl adjacent to an activating group) is 1. The Morgan fingerprint density at radius 1 is 0.943 bits per heavy atom. The summed E-state index contributed by atoms with van der Waals surface area (Å²) >= 11 is 0. The molecule has 1 aliphatic rings. The summed E-state index contributed by atoms with van der Waals surface area (Å²) in [7, 11) is 5.26. The summed E-state index contributed by atoms with van der Waals surface area (Å²) in [6.45, 7) is 3.84. The van der Waals surface area contributed by atoms with Gasteiger partial charge in [0.1, 0.15) is 17.3 Å². The highest BCUT2D eigenvalue weighted by Crippen LogP contribution is 2.34. The highest BCUT2D eigenvalue weighted by Gasteiger charge is 2.17. The maximum Gasteiger partial charge on any atom is 0.188 e. The fourth-order valence-electron chi connectivity index (χ4n) is 4.39. The van der Waals surface area contributed by atoms with Gasteiger partial charge in [0.2, 0.25) is 0 Å². The maximum absolute atomic E-state index is 14.5. The van der Waals surface area contributed by atoms with Gasteiger partial charge in [0.05, 0.1) is 19.8 Å². The minimum absolute atomic E-state index is 0.0147. The van der Waals surface area contributed by atoms with Gasteiger partial charge in [0, 0.05) is 37.0 Å². The smallest absolute Gasteiger partial charge is 0.188 e. The van der Waals surface area contributed by atoms with Crippen molar-refractivity contribution in [2.24, 2.45) is 0 Å². The molecular formula is C29H31FN2O3. The Labute approximate surface area is 206 Å². The normalized spacial score (nSPS) is 14.7. The average molecular weight is 475 g/mol. The highest BCUT2D eigenvalue weighted by atomic mass is 19.1. The van der Waals surface area contributed by atoms with Gasteiger partial charge in [-0.15, -0.1) is 0 Å². The molecule has 1 aliphatic heterocycles. The van der Waals surface area contributed by atoms with Gasteiger partial charge in [-0.25, -0.2) is 4.39 Å². The highest BCUT2D eigenvalue weighted by molar-refractivity contribution is 6.07. The predicted molar refractivity (Wildman–Crippen MR) is 139 cm³/mol. The van der Waals surface area contributed by atoms with Crippen LogP contribution >= 0.6 is 0 Å². The average Bonchev–Trinajstić information content (AvgIpc) is 3.11. The predicted octanol–water partition coefficient (Wildman–Crippen LogP) is 5.55. The first-order valence-corrected chi connectivity index (χ1v) is 11.8. The van der Waals surface area contributed by atoms with Crippen LogP contribution in [0, 0.1) is 5.82 Å². The van der Waals surface area contributed by atoms with Gasteiger partial charge in [-0.3, -0.25) is 4.79 Å². The number of carbonyl (C=O) groups excluding carboxylic acids is 1. The zero-order valence-electron chi connectivity index (χ0n) is 20.5. The van der Waals surface area contributed by atoms with Crippen molar-refractivity contribution >= 4 is 17.5 Å². The van der Waals surface area contributed by atoms with E-state index in [1.165, 1.54) is 25.3 Å². The molecule has 0 bridgehead atoms. The molecule has 3 aromatic rings. The molecule has 0 radical (unpaired) electrons. The number of hydrogen-bond acceptors (Lipinski definition) is 5. The largest absolute Gasteiger partial charge is 0.497 e. The van der Waals surface area contributed by atoms with Crippen LogP contribution in [0.2, 0.25) is 0 Å². The Bertz CT molecular complexity index is 1220. The summed E-state index contributed by atoms with van der Waals surface area (Å²) in [6, 6.07) is 18.4. The number of anilines is 1. The molecule has 1 heterocycles. The third kappa shape index (κ3) is 5.72. The van der Waals surface area contributed by atoms with Crippen molar-refractivity contribution in [1.82, 2.24) is 4.90 Å². The van der Waals surface area contributed by atoms with Crippen molar-refractivity contribution in [2.45, 2.75) is 6.42 Å². The first-order valence-electron chi connectivity index (χ1n) is 11.8. The first-order chi connectivity index (χ1) is 17.0. The minimum Gasteiger partial charge on any atom is -0.497 e. The van der Waals surface area contributed by atoms with Gasteiger partial charge in [-0.05, 0) is 73.6 Å². The molecule has 3 aromatic carbocycles. The molecule has 1 saturated heterocycles. The van der Waals surface area contributed by atoms with Crippen LogP contribution in [0.1, 0.15) is 22.3 Å². The molecule has 0 saturated carbocycles. The number of rotatable bonds is 7. The van der Waals surface area contributed by atoms with E-state index in [4.69, 9.17) is 9.47 Å². The van der Waals surface area contributed by atoms with Crippen molar-refractivity contribution in [2.75, 3.05) is 52.3 Å². The summed E-state index contributed by atoms with van der Waals surface area (Å²) in [5.41, 5.74) is 3.93. The topological polar surface area (TPSA) is 42.0 Å². The minimum atomic E-state index is -0.599. The molecule has 0 aliphatic carbocycles. The Morgan fingerprint density at radius 2 is 1.77 bits per heavy atom. The maximum atomic E-state index is 14.5. The Morgan fingerprint density at radius 3 is 2.54 bits per heavy atom. The van der Waals surface area contributed by atoms with Gasteiger partial charge in [-0.2, -0.15) is 0 Å². The summed E-state index contributed by atoms with van der Waals surface area (Å²) < 4.78 is 25.1. The van der Waals surface area contributed by atoms with Crippen LogP contribution in [0.4, 0.5) is 10.1 Å². The lowest BCUT2D eigenvalue weighted by Gasteiger charge is -2.25. The van der Waals surface area contributed by atoms with Gasteiger partial charge >= 0.3 is 0 Å². The number of benzene rings is 3. The zero-order valence-corrected chi connectivity index (χ0v) is 20.5. The molecule has 0 unspecified atom stereocenters. The number of carbonyl (C=O) groups is 1. The summed E-state index contributed by atoms with van der Waals surface area (Å²) in [4.78, 5) is 17.6. The standard InChI is InChI=1S/C29H31FN2O3/c1-31-15-6-16-32(18-17-31)27-13-9-21(24-7-4-5-8-29(24)35-3)19-22(27)10-14-28(33)25-12-11-23(34-2)20-26(25)30/h4-5,7-14,19-20H,6,15-18H2,1-3H3. The van der Waals surface area contributed by atoms with Crippen LogP contribution in [-0.2, 0) is 0 Å². The summed E-state index contributed by atoms with van der Waals surface area (Å²) in [5, 5.41) is 0. The van der Waals surface area contributed by atoms with E-state index in [0.29, 0.717) is 5.75 Å². The van der Waals surface area contributed by atoms with Gasteiger partial charge in [0.15, 0.2) is 5.78 Å². The van der Waals surface area contributed by atoms with E-state index in [-0.39, 0.29) is 5.56 Å². The van der Waals surface area contributed by atoms with E-state index in [1.54, 1.807) is 19.3 Å². The fourth-order valence-corrected chi connectivity index (χ4v) is 4.39. The second-order valence-corrected chi connectivity index (χ2v) is 8.66. The number of methoxy groups -OCH3 is 2. The van der Waals surface area contributed by atoms with Crippen molar-refractivity contribution in [1.29, 1.82) is 0 Å². The molecule has 4 rings (SSSR count). The summed E-state index contributed by atoms with van der Waals surface area (Å²) in [5.74, 6) is 0.163. The van der Waals surface area contributed by atoms with E-state index in [1.807, 2.05) is 24.3 Å². The van der Waals surface area contributed by atoms with Crippen LogP contribution in [0.25, 0.3) is 17.2 Å². The van der Waals surface area contributed by atoms with Crippen molar-refractivity contribution < 1.29 is 18.7 Å². The summed E-state index contributed by atoms with van der Waals surface area (Å²) in [6.07, 6.45) is 4.29. The fraction of sp³-hybridized carbons (Fsp3) is 0.276. The number of hydrogen-bond donors (Lipinski definition) is 0. The molecule has 0 N–H and O–H groups in total. The number of allylic oxidation sites excluding steroid dienone is 1. The Balaban J connectivity index is 1.72. The zero-order chi connectivity index (χ0) is 24.8. The van der Waals surface area contributed by atoms with E-state index in [9.17, 15) is 9.18 Å². The lowest BCUT2D eigenvalue weighted by molar-refractivity contribution is 0.104. The van der Waals surface area contributed by atoms with Crippen LogP contribution < -0.4 is 14.4 Å². The first kappa shape index (κ1) is 24.5. The second kappa shape index (κ2) is 11.2. The molecule has 35 heavy (non-hydrogen) atoms. The third-order valence-corrected chi connectivity index (χ3v) is 6.36. The van der Waals surface area contributed by atoms with E-state index in [0.717, 1.165) is 60.7 Å². The molecule has 6 heteroatoms. The number of halogens is 1. The second-order valence-electron chi connectivity index (χ2n) is 8.66.